The van der Waals surface area contributed by atoms with Gasteiger partial charge in [0, 0.05) is 18.9 Å². The lowest BCUT2D eigenvalue weighted by Crippen LogP contribution is -2.33. The van der Waals surface area contributed by atoms with Gasteiger partial charge in [-0.05, 0) is 42.8 Å². The van der Waals surface area contributed by atoms with Crippen LogP contribution >= 0.6 is 0 Å². The third-order valence-electron chi connectivity index (χ3n) is 3.69. The largest absolute Gasteiger partial charge is 0.497 e. The highest BCUT2D eigenvalue weighted by Crippen LogP contribution is 2.29. The first kappa shape index (κ1) is 19.4. The molecule has 0 amide bonds. The number of nitrogens with zero attached hydrogens (tertiary/aromatic N) is 1. The number of hydrogen-bond acceptors (Lipinski definition) is 6. The average Bonchev–Trinajstić information content (AvgIpc) is 2.62. The highest BCUT2D eigenvalue weighted by atomic mass is 32.2. The van der Waals surface area contributed by atoms with Crippen molar-refractivity contribution < 1.29 is 21.6 Å². The Hall–Kier alpha value is -1.97. The van der Waals surface area contributed by atoms with Crippen molar-refractivity contribution in [1.29, 1.82) is 0 Å². The van der Waals surface area contributed by atoms with Crippen LogP contribution in [0.4, 0.5) is 0 Å². The summed E-state index contributed by atoms with van der Waals surface area (Å²) >= 11 is 0. The summed E-state index contributed by atoms with van der Waals surface area (Å²) < 4.78 is 56.9. The second-order valence-electron chi connectivity index (χ2n) is 5.25. The van der Waals surface area contributed by atoms with Crippen molar-refractivity contribution in [1.82, 2.24) is 9.71 Å². The molecule has 1 heterocycles. The monoisotopic (exact) mass is 384 g/mol. The number of pyridine rings is 1. The van der Waals surface area contributed by atoms with E-state index in [9.17, 15) is 16.8 Å². The number of nitrogens with one attached hydrogen (secondary N) is 1. The molecule has 1 aromatic heterocycles. The molecule has 136 valence electrons. The third kappa shape index (κ3) is 4.77. The van der Waals surface area contributed by atoms with Gasteiger partial charge >= 0.3 is 0 Å². The molecule has 0 fully saturated rings. The summed E-state index contributed by atoms with van der Waals surface area (Å²) in [7, 11) is -5.88. The van der Waals surface area contributed by atoms with E-state index < -0.39 is 25.1 Å². The van der Waals surface area contributed by atoms with Gasteiger partial charge in [-0.15, -0.1) is 0 Å². The second-order valence-corrected chi connectivity index (χ2v) is 9.47. The Morgan fingerprint density at radius 2 is 1.80 bits per heavy atom. The number of aromatic nitrogens is 1. The number of ether oxygens (including phenoxy) is 1. The van der Waals surface area contributed by atoms with Gasteiger partial charge in [0.1, 0.15) is 11.0 Å². The molecule has 7 nitrogen and oxygen atoms in total. The quantitative estimate of drug-likeness (QED) is 0.741. The molecule has 2 aromatic rings. The van der Waals surface area contributed by atoms with E-state index in [4.69, 9.17) is 4.74 Å². The second kappa shape index (κ2) is 7.94. The molecule has 0 radical (unpaired) electrons. The Labute approximate surface area is 148 Å². The van der Waals surface area contributed by atoms with Crippen molar-refractivity contribution in [2.24, 2.45) is 0 Å². The van der Waals surface area contributed by atoms with Crippen molar-refractivity contribution in [3.05, 3.63) is 54.4 Å². The normalized spacial score (nSPS) is 13.4. The zero-order valence-electron chi connectivity index (χ0n) is 13.9. The summed E-state index contributed by atoms with van der Waals surface area (Å²) in [5.74, 6) is 0.401. The molecule has 0 aliphatic carbocycles. The van der Waals surface area contributed by atoms with Crippen LogP contribution in [0, 0.1) is 0 Å². The van der Waals surface area contributed by atoms with E-state index in [2.05, 4.69) is 9.71 Å². The van der Waals surface area contributed by atoms with Crippen LogP contribution in [-0.4, -0.2) is 41.2 Å². The molecule has 1 aromatic carbocycles. The smallest absolute Gasteiger partial charge is 0.211 e. The van der Waals surface area contributed by atoms with Crippen molar-refractivity contribution in [2.45, 2.75) is 17.1 Å². The molecule has 1 N–H and O–H groups in total. The van der Waals surface area contributed by atoms with Gasteiger partial charge in [-0.3, -0.25) is 4.98 Å². The van der Waals surface area contributed by atoms with Crippen LogP contribution in [0.3, 0.4) is 0 Å². The maximum Gasteiger partial charge on any atom is 0.211 e. The molecule has 0 saturated carbocycles. The topological polar surface area (TPSA) is 102 Å². The minimum absolute atomic E-state index is 0.0813. The van der Waals surface area contributed by atoms with E-state index in [1.54, 1.807) is 24.3 Å². The fourth-order valence-electron chi connectivity index (χ4n) is 2.21. The summed E-state index contributed by atoms with van der Waals surface area (Å²) in [6, 6.07) is 9.18. The predicted molar refractivity (Wildman–Crippen MR) is 94.6 cm³/mol. The summed E-state index contributed by atoms with van der Waals surface area (Å²) in [4.78, 5) is 4.02. The molecule has 0 spiro atoms. The number of rotatable bonds is 8. The van der Waals surface area contributed by atoms with Crippen LogP contribution in [0.25, 0.3) is 0 Å². The Bertz CT molecular complexity index is 895. The Balaban J connectivity index is 2.42. The Kier molecular flexibility index (Phi) is 6.15. The van der Waals surface area contributed by atoms with Crippen molar-refractivity contribution in [3.8, 4) is 5.75 Å². The molecule has 25 heavy (non-hydrogen) atoms. The standard InChI is InChI=1S/C16H20N2O5S2/c1-3-24(19,20)18-12-16(13-5-4-10-17-11-13)25(21,22)15-8-6-14(23-2)7-9-15/h4-11,16,18H,3,12H2,1-2H3/t16-/m1/s1. The summed E-state index contributed by atoms with van der Waals surface area (Å²) in [5.41, 5.74) is 0.414. The van der Waals surface area contributed by atoms with Crippen LogP contribution < -0.4 is 9.46 Å². The molecule has 2 rings (SSSR count). The molecule has 0 saturated heterocycles. The van der Waals surface area contributed by atoms with Crippen LogP contribution in [0.5, 0.6) is 5.75 Å². The average molecular weight is 384 g/mol. The molecular formula is C16H20N2O5S2. The van der Waals surface area contributed by atoms with Crippen molar-refractivity contribution >= 4 is 19.9 Å². The van der Waals surface area contributed by atoms with Crippen LogP contribution in [0.1, 0.15) is 17.7 Å². The summed E-state index contributed by atoms with van der Waals surface area (Å²) in [6.07, 6.45) is 2.95. The van der Waals surface area contributed by atoms with E-state index >= 15 is 0 Å². The predicted octanol–water partition coefficient (Wildman–Crippen LogP) is 1.54. The van der Waals surface area contributed by atoms with Gasteiger partial charge in [0.05, 0.1) is 17.8 Å². The number of sulfone groups is 1. The van der Waals surface area contributed by atoms with Crippen molar-refractivity contribution in [3.63, 3.8) is 0 Å². The van der Waals surface area contributed by atoms with Crippen molar-refractivity contribution in [2.75, 3.05) is 19.4 Å². The number of methoxy groups -OCH3 is 1. The molecule has 0 bridgehead atoms. The van der Waals surface area contributed by atoms with E-state index in [1.807, 2.05) is 0 Å². The first-order valence-corrected chi connectivity index (χ1v) is 10.7. The summed E-state index contributed by atoms with van der Waals surface area (Å²) in [5, 5.41) is -1.09. The van der Waals surface area contributed by atoms with E-state index in [0.717, 1.165) is 0 Å². The van der Waals surface area contributed by atoms with E-state index in [0.29, 0.717) is 11.3 Å². The molecule has 0 aliphatic heterocycles. The lowest BCUT2D eigenvalue weighted by molar-refractivity contribution is 0.414. The number of hydrogen-bond donors (Lipinski definition) is 1. The molecule has 9 heteroatoms. The zero-order valence-corrected chi connectivity index (χ0v) is 15.5. The maximum absolute atomic E-state index is 13.0. The van der Waals surface area contributed by atoms with Gasteiger partial charge in [-0.25, -0.2) is 21.6 Å². The molecule has 1 atom stereocenters. The van der Waals surface area contributed by atoms with Gasteiger partial charge < -0.3 is 4.74 Å². The SMILES string of the molecule is CCS(=O)(=O)NC[C@H](c1cccnc1)S(=O)(=O)c1ccc(OC)cc1. The lowest BCUT2D eigenvalue weighted by atomic mass is 10.2. The van der Waals surface area contributed by atoms with E-state index in [1.165, 1.54) is 38.6 Å². The van der Waals surface area contributed by atoms with E-state index in [-0.39, 0.29) is 17.2 Å². The minimum atomic E-state index is -3.83. The zero-order chi connectivity index (χ0) is 18.5. The number of benzene rings is 1. The van der Waals surface area contributed by atoms with Crippen LogP contribution in [0.2, 0.25) is 0 Å². The molecule has 0 unspecified atom stereocenters. The molecule has 0 aliphatic rings. The van der Waals surface area contributed by atoms with Gasteiger partial charge in [0.25, 0.3) is 0 Å². The minimum Gasteiger partial charge on any atom is -0.497 e. The van der Waals surface area contributed by atoms with Gasteiger partial charge in [-0.1, -0.05) is 6.07 Å². The highest BCUT2D eigenvalue weighted by Gasteiger charge is 2.30. The Morgan fingerprint density at radius 3 is 2.32 bits per heavy atom. The fourth-order valence-corrected chi connectivity index (χ4v) is 4.58. The third-order valence-corrected chi connectivity index (χ3v) is 7.17. The summed E-state index contributed by atoms with van der Waals surface area (Å²) in [6.45, 7) is 1.22. The van der Waals surface area contributed by atoms with Gasteiger partial charge in [0.2, 0.25) is 10.0 Å². The van der Waals surface area contributed by atoms with Crippen LogP contribution in [0.15, 0.2) is 53.7 Å². The maximum atomic E-state index is 13.0. The first-order chi connectivity index (χ1) is 11.8. The van der Waals surface area contributed by atoms with Gasteiger partial charge in [-0.2, -0.15) is 0 Å². The molecular weight excluding hydrogens is 364 g/mol. The first-order valence-electron chi connectivity index (χ1n) is 7.55. The lowest BCUT2D eigenvalue weighted by Gasteiger charge is -2.18. The van der Waals surface area contributed by atoms with Crippen LogP contribution in [-0.2, 0) is 19.9 Å². The number of sulfonamides is 1. The fraction of sp³-hybridized carbons (Fsp3) is 0.312. The highest BCUT2D eigenvalue weighted by molar-refractivity contribution is 7.92. The Morgan fingerprint density at radius 1 is 1.12 bits per heavy atom. The van der Waals surface area contributed by atoms with Gasteiger partial charge in [0.15, 0.2) is 9.84 Å².